The predicted molar refractivity (Wildman–Crippen MR) is 52.0 cm³/mol. The molecule has 1 aliphatic rings. The molecule has 0 aliphatic carbocycles. The van der Waals surface area contributed by atoms with Crippen molar-refractivity contribution in [1.29, 1.82) is 0 Å². The maximum absolute atomic E-state index is 12.3. The van der Waals surface area contributed by atoms with Crippen molar-refractivity contribution in [3.8, 4) is 0 Å². The molecule has 0 spiro atoms. The van der Waals surface area contributed by atoms with Gasteiger partial charge < -0.3 is 0 Å². The maximum atomic E-state index is 12.3. The second kappa shape index (κ2) is 3.57. The monoisotopic (exact) mass is 192 g/mol. The number of nitrogens with zero attached hydrogens (tertiary/aromatic N) is 2. The van der Waals surface area contributed by atoms with Crippen molar-refractivity contribution >= 4 is 17.3 Å². The van der Waals surface area contributed by atoms with Crippen LogP contribution in [0.2, 0.25) is 0 Å². The van der Waals surface area contributed by atoms with Gasteiger partial charge in [0.1, 0.15) is 6.67 Å². The van der Waals surface area contributed by atoms with E-state index in [1.54, 1.807) is 12.1 Å². The van der Waals surface area contributed by atoms with E-state index in [0.717, 1.165) is 0 Å². The summed E-state index contributed by atoms with van der Waals surface area (Å²) in [6, 6.07) is 9.01. The fourth-order valence-electron chi connectivity index (χ4n) is 1.33. The number of para-hydroxylation sites is 1. The Labute approximate surface area is 80.8 Å². The molecule has 0 N–H and O–H groups in total. The number of alkyl halides is 1. The quantitative estimate of drug-likeness (QED) is 0.702. The van der Waals surface area contributed by atoms with Crippen molar-refractivity contribution in [3.63, 3.8) is 0 Å². The Morgan fingerprint density at radius 2 is 2.07 bits per heavy atom. The number of amides is 1. The van der Waals surface area contributed by atoms with Crippen molar-refractivity contribution in [1.82, 2.24) is 0 Å². The lowest BCUT2D eigenvalue weighted by atomic mass is 10.3. The van der Waals surface area contributed by atoms with E-state index >= 15 is 0 Å². The lowest BCUT2D eigenvalue weighted by Crippen LogP contribution is -2.19. The molecule has 0 bridgehead atoms. The molecule has 3 nitrogen and oxygen atoms in total. The molecule has 1 aromatic rings. The van der Waals surface area contributed by atoms with E-state index < -0.39 is 6.67 Å². The van der Waals surface area contributed by atoms with E-state index in [4.69, 9.17) is 0 Å². The first-order valence-electron chi connectivity index (χ1n) is 4.31. The van der Waals surface area contributed by atoms with Crippen LogP contribution < -0.4 is 5.01 Å². The Kier molecular flexibility index (Phi) is 2.26. The Morgan fingerprint density at radius 1 is 1.36 bits per heavy atom. The lowest BCUT2D eigenvalue weighted by Gasteiger charge is -2.10. The van der Waals surface area contributed by atoms with Crippen molar-refractivity contribution in [2.75, 3.05) is 11.7 Å². The molecular formula is C10H9FN2O. The minimum absolute atomic E-state index is 0.0887. The van der Waals surface area contributed by atoms with Gasteiger partial charge in [-0.05, 0) is 12.1 Å². The molecule has 0 aromatic heterocycles. The first-order valence-corrected chi connectivity index (χ1v) is 4.31. The number of halogens is 1. The summed E-state index contributed by atoms with van der Waals surface area (Å²) in [6.45, 7) is -0.658. The van der Waals surface area contributed by atoms with Gasteiger partial charge in [0, 0.05) is 0 Å². The summed E-state index contributed by atoms with van der Waals surface area (Å²) < 4.78 is 12.3. The third kappa shape index (κ3) is 1.51. The molecule has 72 valence electrons. The summed E-state index contributed by atoms with van der Waals surface area (Å²) in [7, 11) is 0. The van der Waals surface area contributed by atoms with Gasteiger partial charge in [-0.3, -0.25) is 4.79 Å². The number of hydrazone groups is 1. The zero-order valence-corrected chi connectivity index (χ0v) is 7.48. The van der Waals surface area contributed by atoms with Crippen molar-refractivity contribution < 1.29 is 9.18 Å². The van der Waals surface area contributed by atoms with Gasteiger partial charge in [-0.1, -0.05) is 18.2 Å². The zero-order valence-electron chi connectivity index (χ0n) is 7.48. The molecule has 0 saturated carbocycles. The molecule has 0 unspecified atom stereocenters. The van der Waals surface area contributed by atoms with Gasteiger partial charge in [-0.25, -0.2) is 9.40 Å². The van der Waals surface area contributed by atoms with Crippen LogP contribution in [0.5, 0.6) is 0 Å². The van der Waals surface area contributed by atoms with Gasteiger partial charge in [-0.2, -0.15) is 5.10 Å². The van der Waals surface area contributed by atoms with Crippen molar-refractivity contribution in [2.24, 2.45) is 5.10 Å². The minimum Gasteiger partial charge on any atom is -0.272 e. The third-order valence-corrected chi connectivity index (χ3v) is 1.99. The van der Waals surface area contributed by atoms with Gasteiger partial charge in [0.15, 0.2) is 0 Å². The maximum Gasteiger partial charge on any atom is 0.253 e. The Hall–Kier alpha value is -1.71. The molecule has 14 heavy (non-hydrogen) atoms. The molecular weight excluding hydrogens is 183 g/mol. The van der Waals surface area contributed by atoms with E-state index in [1.807, 2.05) is 18.2 Å². The van der Waals surface area contributed by atoms with Crippen LogP contribution in [-0.4, -0.2) is 18.3 Å². The number of hydrogen-bond donors (Lipinski definition) is 0. The largest absolute Gasteiger partial charge is 0.272 e. The highest BCUT2D eigenvalue weighted by molar-refractivity contribution is 6.13. The topological polar surface area (TPSA) is 32.7 Å². The van der Waals surface area contributed by atoms with Crippen molar-refractivity contribution in [2.45, 2.75) is 6.42 Å². The summed E-state index contributed by atoms with van der Waals surface area (Å²) in [5.74, 6) is -0.177. The zero-order chi connectivity index (χ0) is 9.97. The highest BCUT2D eigenvalue weighted by atomic mass is 19.1. The highest BCUT2D eigenvalue weighted by Crippen LogP contribution is 2.19. The predicted octanol–water partition coefficient (Wildman–Crippen LogP) is 1.75. The molecule has 0 fully saturated rings. The number of rotatable bonds is 2. The SMILES string of the molecule is O=C1CC(CF)=NN1c1ccccc1. The van der Waals surface area contributed by atoms with Gasteiger partial charge in [0.2, 0.25) is 0 Å². The molecule has 4 heteroatoms. The van der Waals surface area contributed by atoms with Gasteiger partial charge in [0.05, 0.1) is 17.8 Å². The summed E-state index contributed by atoms with van der Waals surface area (Å²) in [4.78, 5) is 11.4. The van der Waals surface area contributed by atoms with Crippen LogP contribution in [0.4, 0.5) is 10.1 Å². The first-order chi connectivity index (χ1) is 6.81. The number of hydrogen-bond acceptors (Lipinski definition) is 2. The Morgan fingerprint density at radius 3 is 2.64 bits per heavy atom. The van der Waals surface area contributed by atoms with Crippen LogP contribution in [0.25, 0.3) is 0 Å². The van der Waals surface area contributed by atoms with E-state index in [1.165, 1.54) is 5.01 Å². The van der Waals surface area contributed by atoms with Crippen LogP contribution in [0.3, 0.4) is 0 Å². The summed E-state index contributed by atoms with van der Waals surface area (Å²) in [6.07, 6.45) is 0.0887. The smallest absolute Gasteiger partial charge is 0.253 e. The van der Waals surface area contributed by atoms with Crippen LogP contribution in [0, 0.1) is 0 Å². The van der Waals surface area contributed by atoms with Gasteiger partial charge in [-0.15, -0.1) is 0 Å². The number of carbonyl (C=O) groups is 1. The Bertz CT molecular complexity index is 375. The lowest BCUT2D eigenvalue weighted by molar-refractivity contribution is -0.116. The molecule has 1 amide bonds. The molecule has 2 rings (SSSR count). The van der Waals surface area contributed by atoms with Crippen LogP contribution in [0.15, 0.2) is 35.4 Å². The normalized spacial score (nSPS) is 15.9. The molecule has 0 atom stereocenters. The minimum atomic E-state index is -0.658. The molecule has 1 heterocycles. The summed E-state index contributed by atoms with van der Waals surface area (Å²) >= 11 is 0. The second-order valence-electron chi connectivity index (χ2n) is 3.02. The fraction of sp³-hybridized carbons (Fsp3) is 0.200. The van der Waals surface area contributed by atoms with Crippen LogP contribution >= 0.6 is 0 Å². The fourth-order valence-corrected chi connectivity index (χ4v) is 1.33. The van der Waals surface area contributed by atoms with Gasteiger partial charge in [0.25, 0.3) is 5.91 Å². The Balaban J connectivity index is 2.28. The average molecular weight is 192 g/mol. The van der Waals surface area contributed by atoms with E-state index in [0.29, 0.717) is 11.4 Å². The summed E-state index contributed by atoms with van der Waals surface area (Å²) in [5, 5.41) is 5.13. The number of carbonyl (C=O) groups excluding carboxylic acids is 1. The standard InChI is InChI=1S/C10H9FN2O/c11-7-8-6-10(14)13(12-8)9-4-2-1-3-5-9/h1-5H,6-7H2. The molecule has 0 saturated heterocycles. The highest BCUT2D eigenvalue weighted by Gasteiger charge is 2.24. The van der Waals surface area contributed by atoms with Gasteiger partial charge >= 0.3 is 0 Å². The van der Waals surface area contributed by atoms with E-state index in [9.17, 15) is 9.18 Å². The van der Waals surface area contributed by atoms with Crippen molar-refractivity contribution in [3.05, 3.63) is 30.3 Å². The third-order valence-electron chi connectivity index (χ3n) is 1.99. The first kappa shape index (κ1) is 8.87. The molecule has 0 radical (unpaired) electrons. The second-order valence-corrected chi connectivity index (χ2v) is 3.02. The number of benzene rings is 1. The molecule has 1 aromatic carbocycles. The average Bonchev–Trinajstić information content (AvgIpc) is 2.61. The van der Waals surface area contributed by atoms with E-state index in [2.05, 4.69) is 5.10 Å². The number of anilines is 1. The van der Waals surface area contributed by atoms with Crippen LogP contribution in [0.1, 0.15) is 6.42 Å². The summed E-state index contributed by atoms with van der Waals surface area (Å²) in [5.41, 5.74) is 0.972. The van der Waals surface area contributed by atoms with E-state index in [-0.39, 0.29) is 12.3 Å². The van der Waals surface area contributed by atoms with Crippen LogP contribution in [-0.2, 0) is 4.79 Å². The molecule has 1 aliphatic heterocycles.